The van der Waals surface area contributed by atoms with Gasteiger partial charge in [-0.1, -0.05) is 13.8 Å². The van der Waals surface area contributed by atoms with E-state index in [2.05, 4.69) is 4.74 Å². The molecule has 0 saturated heterocycles. The number of carbonyl (C=O) groups is 1. The molecule has 0 bridgehead atoms. The molecule has 78 valence electrons. The molecule has 1 heterocycles. The maximum absolute atomic E-state index is 11.2. The number of carbonyl (C=O) groups excluding carboxylic acids is 1. The van der Waals surface area contributed by atoms with Gasteiger partial charge in [0.25, 0.3) is 0 Å². The minimum Gasteiger partial charge on any atom is -0.472 e. The van der Waals surface area contributed by atoms with E-state index in [-0.39, 0.29) is 0 Å². The van der Waals surface area contributed by atoms with E-state index < -0.39 is 17.5 Å². The molecule has 0 fully saturated rings. The standard InChI is InChI=1S/C10H14O4/c1-10(2,7-4-5-14-6-7)8(11)9(12)13-3/h4-6,8,11H,1-3H3. The first-order chi connectivity index (χ1) is 6.50. The van der Waals surface area contributed by atoms with Crippen LogP contribution in [0.5, 0.6) is 0 Å². The van der Waals surface area contributed by atoms with Crippen LogP contribution >= 0.6 is 0 Å². The first-order valence-corrected chi connectivity index (χ1v) is 4.28. The molecule has 0 aliphatic rings. The number of rotatable bonds is 3. The Bertz CT molecular complexity index is 300. The van der Waals surface area contributed by atoms with Gasteiger partial charge in [-0.05, 0) is 11.6 Å². The Labute approximate surface area is 82.5 Å². The minimum atomic E-state index is -1.19. The molecule has 1 rings (SSSR count). The molecule has 1 unspecified atom stereocenters. The molecule has 1 atom stereocenters. The molecule has 1 aromatic heterocycles. The normalized spacial score (nSPS) is 13.7. The zero-order valence-corrected chi connectivity index (χ0v) is 8.48. The molecule has 0 radical (unpaired) electrons. The second-order valence-corrected chi connectivity index (χ2v) is 3.66. The predicted octanol–water partition coefficient (Wildman–Crippen LogP) is 1.09. The summed E-state index contributed by atoms with van der Waals surface area (Å²) in [6.45, 7) is 3.50. The zero-order valence-electron chi connectivity index (χ0n) is 8.48. The highest BCUT2D eigenvalue weighted by atomic mass is 16.5. The molecule has 14 heavy (non-hydrogen) atoms. The molecule has 4 heteroatoms. The van der Waals surface area contributed by atoms with Crippen molar-refractivity contribution in [1.29, 1.82) is 0 Å². The maximum Gasteiger partial charge on any atom is 0.335 e. The van der Waals surface area contributed by atoms with Crippen LogP contribution < -0.4 is 0 Å². The van der Waals surface area contributed by atoms with E-state index in [9.17, 15) is 9.90 Å². The highest BCUT2D eigenvalue weighted by molar-refractivity contribution is 5.76. The third kappa shape index (κ3) is 1.80. The monoisotopic (exact) mass is 198 g/mol. The van der Waals surface area contributed by atoms with Gasteiger partial charge in [0.15, 0.2) is 6.10 Å². The fourth-order valence-corrected chi connectivity index (χ4v) is 1.20. The molecule has 4 nitrogen and oxygen atoms in total. The van der Waals surface area contributed by atoms with Crippen LogP contribution in [0.4, 0.5) is 0 Å². The Morgan fingerprint density at radius 2 is 2.29 bits per heavy atom. The average molecular weight is 198 g/mol. The molecular formula is C10H14O4. The van der Waals surface area contributed by atoms with Crippen LogP contribution in [0.1, 0.15) is 19.4 Å². The Kier molecular flexibility index (Phi) is 2.96. The van der Waals surface area contributed by atoms with Gasteiger partial charge in [-0.15, -0.1) is 0 Å². The highest BCUT2D eigenvalue weighted by Gasteiger charge is 2.36. The second kappa shape index (κ2) is 3.84. The van der Waals surface area contributed by atoms with E-state index in [1.807, 2.05) is 0 Å². The quantitative estimate of drug-likeness (QED) is 0.738. The van der Waals surface area contributed by atoms with Crippen molar-refractivity contribution in [2.75, 3.05) is 7.11 Å². The van der Waals surface area contributed by atoms with Gasteiger partial charge in [-0.2, -0.15) is 0 Å². The molecule has 0 saturated carbocycles. The Hall–Kier alpha value is -1.29. The van der Waals surface area contributed by atoms with E-state index in [1.54, 1.807) is 19.9 Å². The molecule has 0 amide bonds. The van der Waals surface area contributed by atoms with E-state index in [1.165, 1.54) is 19.6 Å². The smallest absolute Gasteiger partial charge is 0.335 e. The SMILES string of the molecule is COC(=O)C(O)C(C)(C)c1ccoc1. The Morgan fingerprint density at radius 1 is 1.64 bits per heavy atom. The lowest BCUT2D eigenvalue weighted by atomic mass is 9.81. The molecule has 0 aromatic carbocycles. The van der Waals surface area contributed by atoms with Crippen molar-refractivity contribution in [2.24, 2.45) is 0 Å². The summed E-state index contributed by atoms with van der Waals surface area (Å²) in [5.41, 5.74) is 0.0514. The Balaban J connectivity index is 2.90. The lowest BCUT2D eigenvalue weighted by Gasteiger charge is -2.27. The largest absolute Gasteiger partial charge is 0.472 e. The number of hydrogen-bond donors (Lipinski definition) is 1. The Morgan fingerprint density at radius 3 is 2.71 bits per heavy atom. The van der Waals surface area contributed by atoms with Gasteiger partial charge in [0.1, 0.15) is 0 Å². The fourth-order valence-electron chi connectivity index (χ4n) is 1.20. The van der Waals surface area contributed by atoms with Crippen molar-refractivity contribution in [1.82, 2.24) is 0 Å². The van der Waals surface area contributed by atoms with E-state index in [0.717, 1.165) is 5.56 Å². The van der Waals surface area contributed by atoms with Crippen molar-refractivity contribution in [3.63, 3.8) is 0 Å². The number of furan rings is 1. The number of hydrogen-bond acceptors (Lipinski definition) is 4. The lowest BCUT2D eigenvalue weighted by molar-refractivity contribution is -0.153. The minimum absolute atomic E-state index is 0.642. The number of aliphatic hydroxyl groups excluding tert-OH is 1. The van der Waals surface area contributed by atoms with E-state index in [4.69, 9.17) is 4.42 Å². The van der Waals surface area contributed by atoms with Crippen molar-refractivity contribution >= 4 is 5.97 Å². The van der Waals surface area contributed by atoms with E-state index >= 15 is 0 Å². The summed E-state index contributed by atoms with van der Waals surface area (Å²) in [6, 6.07) is 1.71. The summed E-state index contributed by atoms with van der Waals surface area (Å²) >= 11 is 0. The van der Waals surface area contributed by atoms with Gasteiger partial charge in [0.2, 0.25) is 0 Å². The lowest BCUT2D eigenvalue weighted by Crippen LogP contribution is -2.40. The summed E-state index contributed by atoms with van der Waals surface area (Å²) in [7, 11) is 1.25. The fraction of sp³-hybridized carbons (Fsp3) is 0.500. The predicted molar refractivity (Wildman–Crippen MR) is 49.8 cm³/mol. The van der Waals surface area contributed by atoms with E-state index in [0.29, 0.717) is 0 Å². The molecule has 0 aliphatic carbocycles. The van der Waals surface area contributed by atoms with Crippen LogP contribution in [-0.2, 0) is 14.9 Å². The summed E-state index contributed by atoms with van der Waals surface area (Å²) in [6.07, 6.45) is 1.82. The first-order valence-electron chi connectivity index (χ1n) is 4.28. The van der Waals surface area contributed by atoms with Gasteiger partial charge >= 0.3 is 5.97 Å². The third-order valence-corrected chi connectivity index (χ3v) is 2.37. The van der Waals surface area contributed by atoms with Gasteiger partial charge in [0, 0.05) is 5.41 Å². The zero-order chi connectivity index (χ0) is 10.8. The van der Waals surface area contributed by atoms with Crippen molar-refractivity contribution in [2.45, 2.75) is 25.4 Å². The van der Waals surface area contributed by atoms with Gasteiger partial charge in [-0.3, -0.25) is 0 Å². The number of ether oxygens (including phenoxy) is 1. The van der Waals surface area contributed by atoms with Crippen molar-refractivity contribution in [3.8, 4) is 0 Å². The van der Waals surface area contributed by atoms with Crippen LogP contribution in [-0.4, -0.2) is 24.3 Å². The average Bonchev–Trinajstić information content (AvgIpc) is 2.68. The topological polar surface area (TPSA) is 59.7 Å². The highest BCUT2D eigenvalue weighted by Crippen LogP contribution is 2.27. The molecule has 1 N–H and O–H groups in total. The summed E-state index contributed by atoms with van der Waals surface area (Å²) in [5, 5.41) is 9.70. The number of methoxy groups -OCH3 is 1. The molecule has 0 spiro atoms. The van der Waals surface area contributed by atoms with Gasteiger partial charge in [-0.25, -0.2) is 4.79 Å². The van der Waals surface area contributed by atoms with Crippen LogP contribution in [0.15, 0.2) is 23.0 Å². The second-order valence-electron chi connectivity index (χ2n) is 3.66. The number of esters is 1. The first kappa shape index (κ1) is 10.8. The van der Waals surface area contributed by atoms with Crippen LogP contribution in [0.2, 0.25) is 0 Å². The molecule has 1 aromatic rings. The van der Waals surface area contributed by atoms with Crippen molar-refractivity contribution in [3.05, 3.63) is 24.2 Å². The van der Waals surface area contributed by atoms with Crippen LogP contribution in [0, 0.1) is 0 Å². The van der Waals surface area contributed by atoms with Gasteiger partial charge < -0.3 is 14.3 Å². The van der Waals surface area contributed by atoms with Crippen LogP contribution in [0.3, 0.4) is 0 Å². The third-order valence-electron chi connectivity index (χ3n) is 2.37. The summed E-state index contributed by atoms with van der Waals surface area (Å²) in [5.74, 6) is -0.642. The summed E-state index contributed by atoms with van der Waals surface area (Å²) < 4.78 is 9.38. The number of aliphatic hydroxyl groups is 1. The van der Waals surface area contributed by atoms with Gasteiger partial charge in [0.05, 0.1) is 19.6 Å². The van der Waals surface area contributed by atoms with Crippen molar-refractivity contribution < 1.29 is 19.1 Å². The maximum atomic E-state index is 11.2. The van der Waals surface area contributed by atoms with Crippen LogP contribution in [0.25, 0.3) is 0 Å². The molecule has 0 aliphatic heterocycles. The summed E-state index contributed by atoms with van der Waals surface area (Å²) in [4.78, 5) is 11.2. The molecular weight excluding hydrogens is 184 g/mol.